The molecule has 0 aliphatic rings. The molecular formula is C6H6O4S2-2. The average Bonchev–Trinajstić information content (AvgIpc) is 2.12. The molecular weight excluding hydrogens is 200 g/mol. The number of esters is 2. The molecule has 68 valence electrons. The van der Waals surface area contributed by atoms with Crippen molar-refractivity contribution in [1.29, 1.82) is 0 Å². The maximum absolute atomic E-state index is 10.7. The summed E-state index contributed by atoms with van der Waals surface area (Å²) in [4.78, 5) is 20.8. The van der Waals surface area contributed by atoms with Crippen LogP contribution in [-0.2, 0) is 44.3 Å². The lowest BCUT2D eigenvalue weighted by Crippen LogP contribution is -2.11. The van der Waals surface area contributed by atoms with Crippen molar-refractivity contribution in [3.8, 4) is 0 Å². The number of hydrogen-bond donors (Lipinski definition) is 0. The first kappa shape index (κ1) is 11.1. The van der Waals surface area contributed by atoms with Gasteiger partial charge in [0.2, 0.25) is 0 Å². The van der Waals surface area contributed by atoms with E-state index in [-0.39, 0.29) is 9.81 Å². The van der Waals surface area contributed by atoms with E-state index in [1.165, 1.54) is 0 Å². The van der Waals surface area contributed by atoms with Crippen LogP contribution >= 0.6 is 0 Å². The quantitative estimate of drug-likeness (QED) is 0.349. The molecule has 0 amide bonds. The summed E-state index contributed by atoms with van der Waals surface area (Å²) >= 11 is 9.05. The molecule has 0 aliphatic carbocycles. The number of carbonyl (C=O) groups excluding carboxylic acids is 2. The smallest absolute Gasteiger partial charge is 0.309 e. The van der Waals surface area contributed by atoms with Gasteiger partial charge < -0.3 is 34.7 Å². The average molecular weight is 206 g/mol. The summed E-state index contributed by atoms with van der Waals surface area (Å²) in [6.07, 6.45) is 0. The van der Waals surface area contributed by atoms with E-state index >= 15 is 0 Å². The summed E-state index contributed by atoms with van der Waals surface area (Å²) < 4.78 is 8.50. The highest BCUT2D eigenvalue weighted by Gasteiger charge is 2.01. The third-order valence-electron chi connectivity index (χ3n) is 0.948. The summed E-state index contributed by atoms with van der Waals surface area (Å²) in [6.45, 7) is 0. The zero-order valence-electron chi connectivity index (χ0n) is 6.45. The van der Waals surface area contributed by atoms with Crippen LogP contribution in [-0.4, -0.2) is 26.2 Å². The Morgan fingerprint density at radius 3 is 1.33 bits per heavy atom. The first-order chi connectivity index (χ1) is 5.54. The molecule has 0 spiro atoms. The fourth-order valence-corrected chi connectivity index (χ4v) is 0.704. The Morgan fingerprint density at radius 2 is 1.17 bits per heavy atom. The van der Waals surface area contributed by atoms with Gasteiger partial charge in [-0.15, -0.1) is 9.81 Å². The summed E-state index contributed by atoms with van der Waals surface area (Å²) in [6, 6.07) is 0. The van der Waals surface area contributed by atoms with Crippen LogP contribution in [0.4, 0.5) is 0 Å². The number of methoxy groups -OCH3 is 2. The van der Waals surface area contributed by atoms with Crippen LogP contribution in [0.2, 0.25) is 0 Å². The van der Waals surface area contributed by atoms with Gasteiger partial charge in [0.05, 0.1) is 14.2 Å². The van der Waals surface area contributed by atoms with Crippen LogP contribution in [0.25, 0.3) is 0 Å². The third-order valence-corrected chi connectivity index (χ3v) is 1.82. The Kier molecular flexibility index (Phi) is 4.53. The number of carbonyl (C=O) groups is 2. The van der Waals surface area contributed by atoms with Gasteiger partial charge >= 0.3 is 11.9 Å². The Labute approximate surface area is 80.7 Å². The highest BCUT2D eigenvalue weighted by Crippen LogP contribution is 2.04. The lowest BCUT2D eigenvalue weighted by molar-refractivity contribution is -0.138. The molecule has 0 aromatic carbocycles. The molecule has 0 radical (unpaired) electrons. The minimum Gasteiger partial charge on any atom is -0.774 e. The Morgan fingerprint density at radius 1 is 0.917 bits per heavy atom. The second kappa shape index (κ2) is 4.89. The molecule has 6 heteroatoms. The van der Waals surface area contributed by atoms with Crippen molar-refractivity contribution in [2.24, 2.45) is 0 Å². The maximum atomic E-state index is 10.7. The van der Waals surface area contributed by atoms with E-state index in [4.69, 9.17) is 0 Å². The van der Waals surface area contributed by atoms with Crippen molar-refractivity contribution in [3.63, 3.8) is 0 Å². The van der Waals surface area contributed by atoms with Crippen LogP contribution in [0, 0.1) is 0 Å². The molecule has 0 bridgehead atoms. The van der Waals surface area contributed by atoms with Gasteiger partial charge in [0.25, 0.3) is 0 Å². The van der Waals surface area contributed by atoms with Gasteiger partial charge in [-0.1, -0.05) is 0 Å². The minimum atomic E-state index is -0.805. The van der Waals surface area contributed by atoms with Gasteiger partial charge in [0, 0.05) is 0 Å². The van der Waals surface area contributed by atoms with Gasteiger partial charge in [-0.05, 0) is 0 Å². The van der Waals surface area contributed by atoms with Crippen molar-refractivity contribution in [2.75, 3.05) is 14.2 Å². The molecule has 0 saturated heterocycles. The number of ether oxygens (including phenoxy) is 2. The summed E-state index contributed by atoms with van der Waals surface area (Å²) in [5, 5.41) is 0. The molecule has 0 aromatic heterocycles. The molecule has 0 heterocycles. The monoisotopic (exact) mass is 206 g/mol. The highest BCUT2D eigenvalue weighted by molar-refractivity contribution is 7.69. The Bertz CT molecular complexity index is 210. The first-order valence-corrected chi connectivity index (χ1v) is 3.61. The van der Waals surface area contributed by atoms with E-state index < -0.39 is 11.9 Å². The van der Waals surface area contributed by atoms with Gasteiger partial charge in [-0.25, -0.2) is 9.59 Å². The van der Waals surface area contributed by atoms with Gasteiger partial charge in [0.15, 0.2) is 0 Å². The standard InChI is InChI=1S/C6H8O4S2/c1-9-5(7)3(11)4(12)6(8)10-2/h11-12H,1-2H3/p-2/b4-3-. The van der Waals surface area contributed by atoms with Crippen LogP contribution in [0.15, 0.2) is 9.81 Å². The third kappa shape index (κ3) is 2.63. The minimum absolute atomic E-state index is 0.334. The molecule has 0 atom stereocenters. The van der Waals surface area contributed by atoms with Crippen molar-refractivity contribution in [1.82, 2.24) is 0 Å². The molecule has 12 heavy (non-hydrogen) atoms. The second-order valence-corrected chi connectivity index (χ2v) is 2.46. The first-order valence-electron chi connectivity index (χ1n) is 2.79. The largest absolute Gasteiger partial charge is 0.774 e. The normalized spacial score (nSPS) is 11.5. The summed E-state index contributed by atoms with van der Waals surface area (Å²) in [5.74, 6) is -1.61. The van der Waals surface area contributed by atoms with Gasteiger partial charge in [0.1, 0.15) is 0 Å². The fraction of sp³-hybridized carbons (Fsp3) is 0.333. The van der Waals surface area contributed by atoms with E-state index in [1.54, 1.807) is 0 Å². The molecule has 0 saturated carbocycles. The lowest BCUT2D eigenvalue weighted by atomic mass is 10.5. The SMILES string of the molecule is COC(=O)/C([S-])=C(/[S-])C(=O)OC. The van der Waals surface area contributed by atoms with E-state index in [0.29, 0.717) is 0 Å². The van der Waals surface area contributed by atoms with Gasteiger partial charge in [-0.3, -0.25) is 0 Å². The topological polar surface area (TPSA) is 52.6 Å². The molecule has 0 aromatic rings. The van der Waals surface area contributed by atoms with E-state index in [9.17, 15) is 9.59 Å². The fourth-order valence-electron chi connectivity index (χ4n) is 0.371. The van der Waals surface area contributed by atoms with E-state index in [0.717, 1.165) is 14.2 Å². The van der Waals surface area contributed by atoms with Gasteiger partial charge in [-0.2, -0.15) is 0 Å². The van der Waals surface area contributed by atoms with E-state index in [2.05, 4.69) is 34.7 Å². The predicted molar refractivity (Wildman–Crippen MR) is 45.8 cm³/mol. The predicted octanol–water partition coefficient (Wildman–Crippen LogP) is -0.362. The summed E-state index contributed by atoms with van der Waals surface area (Å²) in [7, 11) is 2.29. The molecule has 0 N–H and O–H groups in total. The Hall–Kier alpha value is -0.880. The second-order valence-electron chi connectivity index (χ2n) is 1.64. The molecule has 0 aliphatic heterocycles. The van der Waals surface area contributed by atoms with Crippen LogP contribution < -0.4 is 0 Å². The zero-order chi connectivity index (χ0) is 9.72. The lowest BCUT2D eigenvalue weighted by Gasteiger charge is -2.19. The van der Waals surface area contributed by atoms with Crippen molar-refractivity contribution in [2.45, 2.75) is 0 Å². The molecule has 0 rings (SSSR count). The number of rotatable bonds is 2. The maximum Gasteiger partial charge on any atom is 0.309 e. The Balaban J connectivity index is 4.68. The molecule has 0 unspecified atom stereocenters. The highest BCUT2D eigenvalue weighted by atomic mass is 32.1. The van der Waals surface area contributed by atoms with Crippen molar-refractivity contribution in [3.05, 3.63) is 9.81 Å². The van der Waals surface area contributed by atoms with Crippen LogP contribution in [0.1, 0.15) is 0 Å². The van der Waals surface area contributed by atoms with Crippen LogP contribution in [0.3, 0.4) is 0 Å². The van der Waals surface area contributed by atoms with Crippen LogP contribution in [0.5, 0.6) is 0 Å². The zero-order valence-corrected chi connectivity index (χ0v) is 8.08. The molecule has 0 fully saturated rings. The molecule has 4 nitrogen and oxygen atoms in total. The summed E-state index contributed by atoms with van der Waals surface area (Å²) in [5.41, 5.74) is 0. The van der Waals surface area contributed by atoms with Crippen molar-refractivity contribution >= 4 is 37.2 Å². The number of hydrogen-bond acceptors (Lipinski definition) is 6. The van der Waals surface area contributed by atoms with E-state index in [1.807, 2.05) is 0 Å². The van der Waals surface area contributed by atoms with Crippen molar-refractivity contribution < 1.29 is 19.1 Å².